The minimum atomic E-state index is 0.185. The van der Waals surface area contributed by atoms with Gasteiger partial charge in [0, 0.05) is 26.2 Å². The fourth-order valence-electron chi connectivity index (χ4n) is 2.51. The topological polar surface area (TPSA) is 47.7 Å². The Hall–Kier alpha value is -1.10. The molecule has 1 heterocycles. The summed E-state index contributed by atoms with van der Waals surface area (Å²) < 4.78 is 11.3. The second kappa shape index (κ2) is 6.57. The second-order valence-corrected chi connectivity index (χ2v) is 5.86. The molecule has 1 aliphatic heterocycles. The van der Waals surface area contributed by atoms with Crippen LogP contribution >= 0.6 is 0 Å². The monoisotopic (exact) mass is 276 g/mol. The van der Waals surface area contributed by atoms with Crippen molar-refractivity contribution in [2.75, 3.05) is 32.8 Å². The zero-order valence-electron chi connectivity index (χ0n) is 12.0. The van der Waals surface area contributed by atoms with Crippen LogP contribution in [0, 0.1) is 5.92 Å². The van der Waals surface area contributed by atoms with Crippen molar-refractivity contribution in [3.8, 4) is 5.75 Å². The number of rotatable bonds is 6. The zero-order valence-corrected chi connectivity index (χ0v) is 12.0. The number of nitrogens with two attached hydrogens (primary N) is 1. The standard InChI is InChI=1S/C16H24N2O2/c17-9-16-11-18(7-8-19-16)10-13-3-5-15(6-4-13)20-12-14-1-2-14/h3-6,14,16H,1-2,7-12,17H2. The van der Waals surface area contributed by atoms with E-state index in [0.29, 0.717) is 6.54 Å². The van der Waals surface area contributed by atoms with Gasteiger partial charge in [-0.15, -0.1) is 0 Å². The third-order valence-electron chi connectivity index (χ3n) is 4.00. The van der Waals surface area contributed by atoms with E-state index in [0.717, 1.165) is 44.5 Å². The molecule has 1 aromatic carbocycles. The van der Waals surface area contributed by atoms with Crippen molar-refractivity contribution in [2.24, 2.45) is 11.7 Å². The van der Waals surface area contributed by atoms with Crippen LogP contribution in [-0.2, 0) is 11.3 Å². The van der Waals surface area contributed by atoms with Gasteiger partial charge in [-0.05, 0) is 36.5 Å². The summed E-state index contributed by atoms with van der Waals surface area (Å²) >= 11 is 0. The van der Waals surface area contributed by atoms with E-state index in [-0.39, 0.29) is 6.10 Å². The highest BCUT2D eigenvalue weighted by molar-refractivity contribution is 5.27. The predicted octanol–water partition coefficient (Wildman–Crippen LogP) is 1.63. The van der Waals surface area contributed by atoms with Gasteiger partial charge in [-0.3, -0.25) is 4.90 Å². The first-order chi connectivity index (χ1) is 9.83. The lowest BCUT2D eigenvalue weighted by Crippen LogP contribution is -2.45. The van der Waals surface area contributed by atoms with Crippen LogP contribution in [0.15, 0.2) is 24.3 Å². The molecule has 0 radical (unpaired) electrons. The average Bonchev–Trinajstić information content (AvgIpc) is 3.31. The first-order valence-electron chi connectivity index (χ1n) is 7.59. The molecule has 0 bridgehead atoms. The van der Waals surface area contributed by atoms with Gasteiger partial charge in [-0.2, -0.15) is 0 Å². The smallest absolute Gasteiger partial charge is 0.119 e. The fourth-order valence-corrected chi connectivity index (χ4v) is 2.51. The average molecular weight is 276 g/mol. The maximum atomic E-state index is 5.76. The molecule has 2 fully saturated rings. The van der Waals surface area contributed by atoms with Gasteiger partial charge in [0.2, 0.25) is 0 Å². The second-order valence-electron chi connectivity index (χ2n) is 5.86. The summed E-state index contributed by atoms with van der Waals surface area (Å²) in [6.45, 7) is 5.13. The Morgan fingerprint density at radius 1 is 1.25 bits per heavy atom. The molecule has 1 saturated heterocycles. The first kappa shape index (κ1) is 13.9. The molecule has 0 aromatic heterocycles. The Morgan fingerprint density at radius 2 is 2.05 bits per heavy atom. The number of morpholine rings is 1. The van der Waals surface area contributed by atoms with Crippen molar-refractivity contribution in [1.82, 2.24) is 4.90 Å². The Morgan fingerprint density at radius 3 is 2.75 bits per heavy atom. The summed E-state index contributed by atoms with van der Waals surface area (Å²) in [4.78, 5) is 2.40. The van der Waals surface area contributed by atoms with Crippen LogP contribution in [0.25, 0.3) is 0 Å². The van der Waals surface area contributed by atoms with E-state index in [1.54, 1.807) is 0 Å². The number of ether oxygens (including phenoxy) is 2. The Kier molecular flexibility index (Phi) is 4.55. The molecule has 4 heteroatoms. The molecular formula is C16H24N2O2. The summed E-state index contributed by atoms with van der Waals surface area (Å²) in [7, 11) is 0. The minimum absolute atomic E-state index is 0.185. The van der Waals surface area contributed by atoms with E-state index in [1.165, 1.54) is 18.4 Å². The first-order valence-corrected chi connectivity index (χ1v) is 7.59. The molecule has 2 aliphatic rings. The molecule has 1 aliphatic carbocycles. The van der Waals surface area contributed by atoms with E-state index in [4.69, 9.17) is 15.2 Å². The lowest BCUT2D eigenvalue weighted by Gasteiger charge is -2.32. The Balaban J connectivity index is 1.49. The lowest BCUT2D eigenvalue weighted by atomic mass is 10.2. The fraction of sp³-hybridized carbons (Fsp3) is 0.625. The maximum absolute atomic E-state index is 5.76. The van der Waals surface area contributed by atoms with E-state index in [9.17, 15) is 0 Å². The summed E-state index contributed by atoms with van der Waals surface area (Å²) in [5.41, 5.74) is 6.99. The van der Waals surface area contributed by atoms with Crippen molar-refractivity contribution in [1.29, 1.82) is 0 Å². The van der Waals surface area contributed by atoms with Crippen molar-refractivity contribution in [3.63, 3.8) is 0 Å². The van der Waals surface area contributed by atoms with Crippen LogP contribution in [0.5, 0.6) is 5.75 Å². The van der Waals surface area contributed by atoms with Crippen LogP contribution in [0.1, 0.15) is 18.4 Å². The van der Waals surface area contributed by atoms with Gasteiger partial charge in [-0.1, -0.05) is 12.1 Å². The molecule has 0 spiro atoms. The summed E-state index contributed by atoms with van der Waals surface area (Å²) in [5.74, 6) is 1.79. The van der Waals surface area contributed by atoms with Crippen molar-refractivity contribution >= 4 is 0 Å². The molecule has 3 rings (SSSR count). The van der Waals surface area contributed by atoms with Crippen LogP contribution in [0.2, 0.25) is 0 Å². The van der Waals surface area contributed by atoms with Gasteiger partial charge in [0.05, 0.1) is 19.3 Å². The molecule has 110 valence electrons. The molecule has 0 amide bonds. The van der Waals surface area contributed by atoms with E-state index in [2.05, 4.69) is 29.2 Å². The molecule has 1 saturated carbocycles. The van der Waals surface area contributed by atoms with Gasteiger partial charge < -0.3 is 15.2 Å². The van der Waals surface area contributed by atoms with Crippen LogP contribution < -0.4 is 10.5 Å². The van der Waals surface area contributed by atoms with Gasteiger partial charge in [0.25, 0.3) is 0 Å². The van der Waals surface area contributed by atoms with Crippen LogP contribution in [-0.4, -0.2) is 43.9 Å². The van der Waals surface area contributed by atoms with Crippen LogP contribution in [0.3, 0.4) is 0 Å². The van der Waals surface area contributed by atoms with Gasteiger partial charge >= 0.3 is 0 Å². The maximum Gasteiger partial charge on any atom is 0.119 e. The van der Waals surface area contributed by atoms with E-state index < -0.39 is 0 Å². The highest BCUT2D eigenvalue weighted by Crippen LogP contribution is 2.29. The lowest BCUT2D eigenvalue weighted by molar-refractivity contribution is -0.0260. The minimum Gasteiger partial charge on any atom is -0.493 e. The van der Waals surface area contributed by atoms with Gasteiger partial charge in [0.1, 0.15) is 5.75 Å². The molecule has 1 atom stereocenters. The zero-order chi connectivity index (χ0) is 13.8. The number of benzene rings is 1. The number of hydrogen-bond acceptors (Lipinski definition) is 4. The molecule has 4 nitrogen and oxygen atoms in total. The molecular weight excluding hydrogens is 252 g/mol. The SMILES string of the molecule is NCC1CN(Cc2ccc(OCC3CC3)cc2)CCO1. The third-order valence-corrected chi connectivity index (χ3v) is 4.00. The van der Waals surface area contributed by atoms with Gasteiger partial charge in [-0.25, -0.2) is 0 Å². The van der Waals surface area contributed by atoms with E-state index in [1.807, 2.05) is 0 Å². The normalized spacial score (nSPS) is 23.8. The number of nitrogens with zero attached hydrogens (tertiary/aromatic N) is 1. The molecule has 2 N–H and O–H groups in total. The van der Waals surface area contributed by atoms with E-state index >= 15 is 0 Å². The van der Waals surface area contributed by atoms with Crippen molar-refractivity contribution < 1.29 is 9.47 Å². The van der Waals surface area contributed by atoms with Gasteiger partial charge in [0.15, 0.2) is 0 Å². The van der Waals surface area contributed by atoms with Crippen LogP contribution in [0.4, 0.5) is 0 Å². The summed E-state index contributed by atoms with van der Waals surface area (Å²) in [5, 5.41) is 0. The predicted molar refractivity (Wildman–Crippen MR) is 78.7 cm³/mol. The summed E-state index contributed by atoms with van der Waals surface area (Å²) in [6.07, 6.45) is 2.85. The number of hydrogen-bond donors (Lipinski definition) is 1. The Labute approximate surface area is 120 Å². The van der Waals surface area contributed by atoms with Crippen molar-refractivity contribution in [3.05, 3.63) is 29.8 Å². The Bertz CT molecular complexity index is 417. The largest absolute Gasteiger partial charge is 0.493 e. The third kappa shape index (κ3) is 3.95. The quantitative estimate of drug-likeness (QED) is 0.858. The molecule has 20 heavy (non-hydrogen) atoms. The highest BCUT2D eigenvalue weighted by atomic mass is 16.5. The van der Waals surface area contributed by atoms with Crippen molar-refractivity contribution in [2.45, 2.75) is 25.5 Å². The molecule has 1 unspecified atom stereocenters. The highest BCUT2D eigenvalue weighted by Gasteiger charge is 2.22. The summed E-state index contributed by atoms with van der Waals surface area (Å²) in [6, 6.07) is 8.49. The molecule has 1 aromatic rings.